The first-order valence-corrected chi connectivity index (χ1v) is 11.0. The summed E-state index contributed by atoms with van der Waals surface area (Å²) in [5, 5.41) is 34.5. The van der Waals surface area contributed by atoms with Crippen molar-refractivity contribution in [3.05, 3.63) is 24.4 Å². The number of benzene rings is 1. The number of piperidine rings is 1. The lowest BCUT2D eigenvalue weighted by molar-refractivity contribution is 0.171. The molecular weight excluding hydrogens is 413 g/mol. The average molecular weight is 437 g/mol. The predicted octanol–water partition coefficient (Wildman–Crippen LogP) is 1.63. The topological polar surface area (TPSA) is 118 Å². The third-order valence-corrected chi connectivity index (χ3v) is 6.67. The van der Waals surface area contributed by atoms with Crippen molar-refractivity contribution in [2.24, 2.45) is 7.05 Å². The summed E-state index contributed by atoms with van der Waals surface area (Å²) in [4.78, 5) is 7.95. The van der Waals surface area contributed by atoms with Crippen LogP contribution in [-0.4, -0.2) is 70.8 Å². The second-order valence-electron chi connectivity index (χ2n) is 8.91. The van der Waals surface area contributed by atoms with E-state index in [1.165, 1.54) is 4.80 Å². The lowest BCUT2D eigenvalue weighted by Gasteiger charge is -2.40. The van der Waals surface area contributed by atoms with Gasteiger partial charge < -0.3 is 15.3 Å². The minimum Gasteiger partial charge on any atom is -0.507 e. The lowest BCUT2D eigenvalue weighted by Crippen LogP contribution is -2.57. The van der Waals surface area contributed by atoms with Gasteiger partial charge in [-0.25, -0.2) is 9.37 Å². The first-order valence-electron chi connectivity index (χ1n) is 11.0. The van der Waals surface area contributed by atoms with E-state index in [1.54, 1.807) is 31.4 Å². The smallest absolute Gasteiger partial charge is 0.245 e. The van der Waals surface area contributed by atoms with E-state index in [0.29, 0.717) is 34.6 Å². The largest absolute Gasteiger partial charge is 0.507 e. The molecule has 0 unspecified atom stereocenters. The van der Waals surface area contributed by atoms with Crippen LogP contribution in [0.3, 0.4) is 0 Å². The lowest BCUT2D eigenvalue weighted by atomic mass is 9.96. The zero-order valence-electron chi connectivity index (χ0n) is 17.6. The van der Waals surface area contributed by atoms with Gasteiger partial charge in [0.25, 0.3) is 0 Å². The first-order chi connectivity index (χ1) is 15.6. The number of hydrogen-bond acceptors (Lipinski definition) is 9. The van der Waals surface area contributed by atoms with Crippen molar-refractivity contribution in [3.8, 4) is 28.4 Å². The number of alkyl halides is 1. The van der Waals surface area contributed by atoms with E-state index >= 15 is 4.39 Å². The molecule has 2 bridgehead atoms. The molecule has 1 aliphatic carbocycles. The molecule has 1 saturated carbocycles. The highest BCUT2D eigenvalue weighted by Gasteiger charge is 2.48. The quantitative estimate of drug-likeness (QED) is 0.614. The van der Waals surface area contributed by atoms with Crippen molar-refractivity contribution in [3.63, 3.8) is 0 Å². The molecule has 0 amide bonds. The molecule has 3 aromatic rings. The van der Waals surface area contributed by atoms with Crippen molar-refractivity contribution in [1.82, 2.24) is 40.7 Å². The van der Waals surface area contributed by atoms with Gasteiger partial charge in [0.05, 0.1) is 19.3 Å². The van der Waals surface area contributed by atoms with Crippen LogP contribution in [0, 0.1) is 0 Å². The number of nitrogens with one attached hydrogen (secondary N) is 1. The maximum atomic E-state index is 15.2. The number of tetrazole rings is 1. The number of fused-ring (bicyclic) bond motifs is 2. The summed E-state index contributed by atoms with van der Waals surface area (Å²) >= 11 is 0. The molecule has 2 aromatic heterocycles. The zero-order chi connectivity index (χ0) is 21.8. The van der Waals surface area contributed by atoms with Crippen molar-refractivity contribution >= 4 is 5.95 Å². The van der Waals surface area contributed by atoms with Gasteiger partial charge in [-0.05, 0) is 49.5 Å². The van der Waals surface area contributed by atoms with Crippen LogP contribution in [0.4, 0.5) is 10.3 Å². The zero-order valence-corrected chi connectivity index (χ0v) is 17.6. The summed E-state index contributed by atoms with van der Waals surface area (Å²) in [6.07, 6.45) is 5.37. The number of aromatic nitrogens is 7. The third kappa shape index (κ3) is 3.36. The van der Waals surface area contributed by atoms with Gasteiger partial charge >= 0.3 is 0 Å². The molecular formula is C21H24FN9O. The van der Waals surface area contributed by atoms with Gasteiger partial charge in [-0.1, -0.05) is 6.07 Å². The van der Waals surface area contributed by atoms with Gasteiger partial charge in [-0.15, -0.1) is 20.4 Å². The van der Waals surface area contributed by atoms with Gasteiger partial charge in [0.2, 0.25) is 11.8 Å². The Morgan fingerprint density at radius 2 is 2.03 bits per heavy atom. The predicted molar refractivity (Wildman–Crippen MR) is 113 cm³/mol. The highest BCUT2D eigenvalue weighted by Crippen LogP contribution is 2.39. The van der Waals surface area contributed by atoms with E-state index in [2.05, 4.69) is 40.8 Å². The summed E-state index contributed by atoms with van der Waals surface area (Å²) < 4.78 is 15.2. The first kappa shape index (κ1) is 19.5. The number of phenolic OH excluding ortho intramolecular Hbond substituents is 1. The Kier molecular flexibility index (Phi) is 4.53. The van der Waals surface area contributed by atoms with Gasteiger partial charge in [0, 0.05) is 29.3 Å². The Hall–Kier alpha value is -3.21. The van der Waals surface area contributed by atoms with Gasteiger partial charge in [0.15, 0.2) is 0 Å². The molecule has 2 aliphatic heterocycles. The second-order valence-corrected chi connectivity index (χ2v) is 8.91. The molecule has 4 heterocycles. The van der Waals surface area contributed by atoms with Gasteiger partial charge in [-0.3, -0.25) is 0 Å². The fraction of sp³-hybridized carbons (Fsp3) is 0.524. The molecule has 3 fully saturated rings. The SMILES string of the molecule is Cn1nnc(-c2ccc(-c3cnc(N(C4CC4)[C@@H]4C[C@@H]5CC[C@H](N5)[C@@H]4F)nn3)c(O)c2)n1. The van der Waals surface area contributed by atoms with Crippen LogP contribution in [0.15, 0.2) is 24.4 Å². The minimum atomic E-state index is -0.941. The van der Waals surface area contributed by atoms with Crippen LogP contribution >= 0.6 is 0 Å². The Labute approximate surface area is 183 Å². The van der Waals surface area contributed by atoms with E-state index in [-0.39, 0.29) is 23.9 Å². The van der Waals surface area contributed by atoms with E-state index in [0.717, 1.165) is 32.1 Å². The average Bonchev–Trinajstić information content (AvgIpc) is 3.39. The van der Waals surface area contributed by atoms with Crippen molar-refractivity contribution in [2.45, 2.75) is 62.4 Å². The van der Waals surface area contributed by atoms with Crippen molar-refractivity contribution in [1.29, 1.82) is 0 Å². The normalized spacial score (nSPS) is 26.9. The molecule has 0 radical (unpaired) electrons. The number of halogens is 1. The number of phenols is 1. The summed E-state index contributed by atoms with van der Waals surface area (Å²) in [5.74, 6) is 0.910. The number of nitrogens with zero attached hydrogens (tertiary/aromatic N) is 8. The molecule has 2 N–H and O–H groups in total. The third-order valence-electron chi connectivity index (χ3n) is 6.67. The number of hydrogen-bond donors (Lipinski definition) is 2. The Morgan fingerprint density at radius 3 is 2.72 bits per heavy atom. The molecule has 1 aromatic carbocycles. The number of aromatic hydroxyl groups is 1. The Morgan fingerprint density at radius 1 is 1.16 bits per heavy atom. The summed E-state index contributed by atoms with van der Waals surface area (Å²) in [5.41, 5.74) is 1.60. The molecule has 32 heavy (non-hydrogen) atoms. The second kappa shape index (κ2) is 7.44. The monoisotopic (exact) mass is 437 g/mol. The molecule has 166 valence electrons. The number of aryl methyl sites for hydroxylation is 1. The highest BCUT2D eigenvalue weighted by atomic mass is 19.1. The van der Waals surface area contributed by atoms with Crippen LogP contribution < -0.4 is 10.2 Å². The van der Waals surface area contributed by atoms with Gasteiger partial charge in [0.1, 0.15) is 17.6 Å². The molecule has 10 nitrogen and oxygen atoms in total. The molecule has 0 spiro atoms. The Bertz CT molecular complexity index is 1130. The van der Waals surface area contributed by atoms with Crippen molar-refractivity contribution < 1.29 is 9.50 Å². The van der Waals surface area contributed by atoms with E-state index < -0.39 is 6.17 Å². The fourth-order valence-corrected chi connectivity index (χ4v) is 4.98. The van der Waals surface area contributed by atoms with Crippen LogP contribution in [0.25, 0.3) is 22.6 Å². The number of anilines is 1. The molecule has 6 rings (SSSR count). The summed E-state index contributed by atoms with van der Waals surface area (Å²) in [7, 11) is 1.68. The van der Waals surface area contributed by atoms with Crippen molar-refractivity contribution in [2.75, 3.05) is 4.90 Å². The van der Waals surface area contributed by atoms with Crippen LogP contribution in [0.2, 0.25) is 0 Å². The maximum Gasteiger partial charge on any atom is 0.245 e. The van der Waals surface area contributed by atoms with Crippen LogP contribution in [0.5, 0.6) is 5.75 Å². The standard InChI is InChI=1S/C21H24FN9O/c1-30-28-20(26-29-30)11-2-6-14(18(32)8-11)16-10-23-21(27-25-16)31(13-4-5-13)17-9-12-3-7-15(24-12)19(17)22/h2,6,8,10,12-13,15,17,19,24,32H,3-5,7,9H2,1H3/t12-,15-,17+,19-/m0/s1. The molecule has 4 atom stereocenters. The molecule has 2 saturated heterocycles. The molecule has 3 aliphatic rings. The number of rotatable bonds is 5. The fourth-order valence-electron chi connectivity index (χ4n) is 4.98. The van der Waals surface area contributed by atoms with E-state index in [1.807, 2.05) is 0 Å². The van der Waals surface area contributed by atoms with Gasteiger partial charge in [-0.2, -0.15) is 4.80 Å². The minimum absolute atomic E-state index is 0.0246. The Balaban J connectivity index is 1.27. The maximum absolute atomic E-state index is 15.2. The summed E-state index contributed by atoms with van der Waals surface area (Å²) in [6.45, 7) is 0. The van der Waals surface area contributed by atoms with Crippen LogP contribution in [-0.2, 0) is 7.05 Å². The molecule has 11 heteroatoms. The van der Waals surface area contributed by atoms with E-state index in [4.69, 9.17) is 0 Å². The summed E-state index contributed by atoms with van der Waals surface area (Å²) in [6, 6.07) is 5.42. The highest BCUT2D eigenvalue weighted by molar-refractivity contribution is 5.71. The van der Waals surface area contributed by atoms with Crippen LogP contribution in [0.1, 0.15) is 32.1 Å². The van der Waals surface area contributed by atoms with E-state index in [9.17, 15) is 5.11 Å².